The smallest absolute Gasteiger partial charge is 0.264 e. The molecule has 1 aliphatic heterocycles. The van der Waals surface area contributed by atoms with E-state index in [-0.39, 0.29) is 12.5 Å². The number of benzene rings is 1. The summed E-state index contributed by atoms with van der Waals surface area (Å²) in [5.41, 5.74) is 2.24. The molecular weight excluding hydrogens is 286 g/mol. The summed E-state index contributed by atoms with van der Waals surface area (Å²) in [6, 6.07) is 5.37. The van der Waals surface area contributed by atoms with E-state index in [2.05, 4.69) is 15.5 Å². The minimum Gasteiger partial charge on any atom is -0.497 e. The van der Waals surface area contributed by atoms with Crippen LogP contribution in [0.15, 0.2) is 27.8 Å². The molecule has 0 fully saturated rings. The molecule has 0 unspecified atom stereocenters. The number of methoxy groups -OCH3 is 1. The first-order chi connectivity index (χ1) is 10.7. The van der Waals surface area contributed by atoms with Crippen LogP contribution in [0.5, 0.6) is 5.75 Å². The van der Waals surface area contributed by atoms with E-state index in [4.69, 9.17) is 14.0 Å². The number of aromatic nitrogens is 1. The minimum atomic E-state index is -0.556. The summed E-state index contributed by atoms with van der Waals surface area (Å²) in [7, 11) is 1.59. The van der Waals surface area contributed by atoms with E-state index in [0.29, 0.717) is 29.2 Å². The SMILES string of the molecule is CCC1=NO[C@@H](C(=O)NCc2nc3cc(OC)ccc3o2)C1. The van der Waals surface area contributed by atoms with Crippen LogP contribution in [-0.2, 0) is 16.2 Å². The molecule has 0 aliphatic carbocycles. The summed E-state index contributed by atoms with van der Waals surface area (Å²) in [6.45, 7) is 2.19. The van der Waals surface area contributed by atoms with Gasteiger partial charge in [0, 0.05) is 12.5 Å². The van der Waals surface area contributed by atoms with Crippen molar-refractivity contribution in [1.82, 2.24) is 10.3 Å². The van der Waals surface area contributed by atoms with Crippen LogP contribution in [0.3, 0.4) is 0 Å². The van der Waals surface area contributed by atoms with E-state index < -0.39 is 6.10 Å². The molecule has 3 rings (SSSR count). The Morgan fingerprint density at radius 3 is 3.09 bits per heavy atom. The molecule has 116 valence electrons. The Morgan fingerprint density at radius 2 is 2.36 bits per heavy atom. The number of carbonyl (C=O) groups is 1. The van der Waals surface area contributed by atoms with Crippen molar-refractivity contribution in [1.29, 1.82) is 0 Å². The molecule has 22 heavy (non-hydrogen) atoms. The van der Waals surface area contributed by atoms with Crippen LogP contribution >= 0.6 is 0 Å². The van der Waals surface area contributed by atoms with Crippen molar-refractivity contribution in [2.75, 3.05) is 7.11 Å². The van der Waals surface area contributed by atoms with Gasteiger partial charge in [0.1, 0.15) is 11.3 Å². The maximum atomic E-state index is 12.0. The van der Waals surface area contributed by atoms with Crippen molar-refractivity contribution in [3.63, 3.8) is 0 Å². The number of ether oxygens (including phenoxy) is 1. The number of oxazole rings is 1. The molecule has 0 saturated heterocycles. The molecule has 0 radical (unpaired) electrons. The van der Waals surface area contributed by atoms with Crippen LogP contribution < -0.4 is 10.1 Å². The highest BCUT2D eigenvalue weighted by atomic mass is 16.6. The summed E-state index contributed by atoms with van der Waals surface area (Å²) < 4.78 is 10.7. The molecule has 7 heteroatoms. The highest BCUT2D eigenvalue weighted by Gasteiger charge is 2.27. The Hall–Kier alpha value is -2.57. The van der Waals surface area contributed by atoms with Crippen LogP contribution in [0.1, 0.15) is 25.7 Å². The van der Waals surface area contributed by atoms with E-state index in [1.807, 2.05) is 6.92 Å². The number of nitrogens with zero attached hydrogens (tertiary/aromatic N) is 2. The van der Waals surface area contributed by atoms with Crippen molar-refractivity contribution in [2.45, 2.75) is 32.4 Å². The number of hydrogen-bond donors (Lipinski definition) is 1. The lowest BCUT2D eigenvalue weighted by Crippen LogP contribution is -2.34. The third-order valence-corrected chi connectivity index (χ3v) is 3.48. The lowest BCUT2D eigenvalue weighted by molar-refractivity contribution is -0.131. The van der Waals surface area contributed by atoms with Gasteiger partial charge in [-0.05, 0) is 18.6 Å². The van der Waals surface area contributed by atoms with Gasteiger partial charge in [0.05, 0.1) is 19.4 Å². The standard InChI is InChI=1S/C15H17N3O4/c1-3-9-6-13(22-18-9)15(19)16-8-14-17-11-7-10(20-2)4-5-12(11)21-14/h4-5,7,13H,3,6,8H2,1-2H3,(H,16,19)/t13-/m1/s1. The third-order valence-electron chi connectivity index (χ3n) is 3.48. The largest absolute Gasteiger partial charge is 0.497 e. The number of amides is 1. The lowest BCUT2D eigenvalue weighted by atomic mass is 10.1. The van der Waals surface area contributed by atoms with Crippen molar-refractivity contribution < 1.29 is 18.8 Å². The van der Waals surface area contributed by atoms with Gasteiger partial charge in [-0.15, -0.1) is 0 Å². The van der Waals surface area contributed by atoms with Crippen LogP contribution in [0.4, 0.5) is 0 Å². The average molecular weight is 303 g/mol. The van der Waals surface area contributed by atoms with Gasteiger partial charge >= 0.3 is 0 Å². The first kappa shape index (κ1) is 14.4. The van der Waals surface area contributed by atoms with E-state index in [9.17, 15) is 4.79 Å². The van der Waals surface area contributed by atoms with Crippen LogP contribution in [0.2, 0.25) is 0 Å². The molecule has 0 saturated carbocycles. The summed E-state index contributed by atoms with van der Waals surface area (Å²) in [4.78, 5) is 21.4. The van der Waals surface area contributed by atoms with E-state index in [0.717, 1.165) is 12.1 Å². The van der Waals surface area contributed by atoms with E-state index in [1.165, 1.54) is 0 Å². The first-order valence-corrected chi connectivity index (χ1v) is 7.12. The molecule has 7 nitrogen and oxygen atoms in total. The zero-order valence-electron chi connectivity index (χ0n) is 12.5. The van der Waals surface area contributed by atoms with Crippen LogP contribution in [0, 0.1) is 0 Å². The van der Waals surface area contributed by atoms with Gasteiger partial charge in [-0.2, -0.15) is 0 Å². The summed E-state index contributed by atoms with van der Waals surface area (Å²) >= 11 is 0. The van der Waals surface area contributed by atoms with Crippen LogP contribution in [-0.4, -0.2) is 29.8 Å². The highest BCUT2D eigenvalue weighted by Crippen LogP contribution is 2.21. The molecule has 2 aromatic rings. The second-order valence-electron chi connectivity index (χ2n) is 4.97. The maximum absolute atomic E-state index is 12.0. The first-order valence-electron chi connectivity index (χ1n) is 7.12. The molecular formula is C15H17N3O4. The highest BCUT2D eigenvalue weighted by molar-refractivity contribution is 5.92. The number of carbonyl (C=O) groups excluding carboxylic acids is 1. The van der Waals surface area contributed by atoms with Crippen molar-refractivity contribution in [3.05, 3.63) is 24.1 Å². The average Bonchev–Trinajstić information content (AvgIpc) is 3.17. The Kier molecular flexibility index (Phi) is 3.95. The Balaban J connectivity index is 1.61. The zero-order chi connectivity index (χ0) is 15.5. The van der Waals surface area contributed by atoms with Gasteiger partial charge in [-0.25, -0.2) is 4.98 Å². The molecule has 1 aromatic heterocycles. The molecule has 0 bridgehead atoms. The minimum absolute atomic E-state index is 0.206. The number of nitrogens with one attached hydrogen (secondary N) is 1. The van der Waals surface area contributed by atoms with Crippen molar-refractivity contribution in [3.8, 4) is 5.75 Å². The second kappa shape index (κ2) is 6.05. The molecule has 0 spiro atoms. The van der Waals surface area contributed by atoms with Gasteiger partial charge in [-0.1, -0.05) is 12.1 Å². The normalized spacial score (nSPS) is 17.2. The summed E-state index contributed by atoms with van der Waals surface area (Å²) in [5, 5.41) is 6.62. The fraction of sp³-hybridized carbons (Fsp3) is 0.400. The Morgan fingerprint density at radius 1 is 1.50 bits per heavy atom. The Labute approximate surface area is 127 Å². The summed E-state index contributed by atoms with van der Waals surface area (Å²) in [5.74, 6) is 0.929. The monoisotopic (exact) mass is 303 g/mol. The molecule has 1 amide bonds. The fourth-order valence-corrected chi connectivity index (χ4v) is 2.21. The van der Waals surface area contributed by atoms with E-state index >= 15 is 0 Å². The van der Waals surface area contributed by atoms with Crippen molar-refractivity contribution in [2.24, 2.45) is 5.16 Å². The van der Waals surface area contributed by atoms with Gasteiger partial charge in [0.25, 0.3) is 5.91 Å². The topological polar surface area (TPSA) is 86.0 Å². The molecule has 1 N–H and O–H groups in total. The van der Waals surface area contributed by atoms with Gasteiger partial charge in [0.2, 0.25) is 12.0 Å². The maximum Gasteiger partial charge on any atom is 0.264 e. The predicted molar refractivity (Wildman–Crippen MR) is 79.6 cm³/mol. The zero-order valence-corrected chi connectivity index (χ0v) is 12.5. The molecule has 1 aliphatic rings. The number of fused-ring (bicyclic) bond motifs is 1. The Bertz CT molecular complexity index is 723. The second-order valence-corrected chi connectivity index (χ2v) is 4.97. The van der Waals surface area contributed by atoms with Gasteiger partial charge in [0.15, 0.2) is 5.58 Å². The molecule has 2 heterocycles. The third kappa shape index (κ3) is 2.88. The predicted octanol–water partition coefficient (Wildman–Crippen LogP) is 2.01. The van der Waals surface area contributed by atoms with E-state index in [1.54, 1.807) is 25.3 Å². The van der Waals surface area contributed by atoms with Gasteiger partial charge in [-0.3, -0.25) is 4.79 Å². The quantitative estimate of drug-likeness (QED) is 0.913. The number of rotatable bonds is 5. The number of oxime groups is 1. The molecule has 1 aromatic carbocycles. The lowest BCUT2D eigenvalue weighted by Gasteiger charge is -2.07. The van der Waals surface area contributed by atoms with Crippen LogP contribution in [0.25, 0.3) is 11.1 Å². The fourth-order valence-electron chi connectivity index (χ4n) is 2.21. The van der Waals surface area contributed by atoms with Crippen molar-refractivity contribution >= 4 is 22.7 Å². The number of hydrogen-bond acceptors (Lipinski definition) is 6. The summed E-state index contributed by atoms with van der Waals surface area (Å²) in [6.07, 6.45) is 0.767. The van der Waals surface area contributed by atoms with Gasteiger partial charge < -0.3 is 19.3 Å². The molecule has 1 atom stereocenters.